The summed E-state index contributed by atoms with van der Waals surface area (Å²) in [6.45, 7) is 1.46. The number of hydrogen-bond donors (Lipinski definition) is 0. The molecular formula is C20H20N6O4S. The highest BCUT2D eigenvalue weighted by atomic mass is 32.2. The molecule has 10 nitrogen and oxygen atoms in total. The van der Waals surface area contributed by atoms with E-state index < -0.39 is 0 Å². The lowest BCUT2D eigenvalue weighted by Gasteiger charge is -2.35. The number of rotatable bonds is 5. The molecule has 3 aromatic rings. The van der Waals surface area contributed by atoms with E-state index in [-0.39, 0.29) is 31.1 Å². The third-order valence-corrected chi connectivity index (χ3v) is 6.20. The number of aromatic nitrogens is 4. The molecule has 0 bridgehead atoms. The number of fused-ring (bicyclic) bond motifs is 2. The third kappa shape index (κ3) is 4.06. The van der Waals surface area contributed by atoms with E-state index in [4.69, 9.17) is 9.57 Å². The molecule has 0 aliphatic carbocycles. The molecule has 1 fully saturated rings. The van der Waals surface area contributed by atoms with E-state index in [1.54, 1.807) is 28.1 Å². The van der Waals surface area contributed by atoms with Gasteiger partial charge in [0.15, 0.2) is 0 Å². The highest BCUT2D eigenvalue weighted by Gasteiger charge is 2.30. The zero-order valence-electron chi connectivity index (χ0n) is 16.6. The summed E-state index contributed by atoms with van der Waals surface area (Å²) in [5, 5.41) is 7.94. The molecule has 0 N–H and O–H groups in total. The van der Waals surface area contributed by atoms with Crippen LogP contribution in [0.15, 0.2) is 47.5 Å². The van der Waals surface area contributed by atoms with Crippen molar-refractivity contribution in [3.63, 3.8) is 0 Å². The largest absolute Gasteiger partial charge is 0.391 e. The monoisotopic (exact) mass is 440 g/mol. The first-order chi connectivity index (χ1) is 15.2. The average Bonchev–Trinajstić information content (AvgIpc) is 3.23. The fourth-order valence-corrected chi connectivity index (χ4v) is 4.53. The van der Waals surface area contributed by atoms with Gasteiger partial charge in [-0.15, -0.1) is 16.9 Å². The molecule has 31 heavy (non-hydrogen) atoms. The number of ether oxygens (including phenoxy) is 1. The van der Waals surface area contributed by atoms with E-state index in [0.29, 0.717) is 36.6 Å². The second kappa shape index (κ2) is 8.52. The van der Waals surface area contributed by atoms with Gasteiger partial charge in [-0.3, -0.25) is 9.59 Å². The number of thioether (sulfide) groups is 1. The molecule has 1 unspecified atom stereocenters. The van der Waals surface area contributed by atoms with E-state index in [0.717, 1.165) is 10.6 Å². The Hall–Kier alpha value is -3.18. The molecular weight excluding hydrogens is 420 g/mol. The Balaban J connectivity index is 1.21. The van der Waals surface area contributed by atoms with Crippen LogP contribution in [0, 0.1) is 0 Å². The Morgan fingerprint density at radius 3 is 3.10 bits per heavy atom. The number of amides is 2. The Bertz CT molecular complexity index is 1120. The fourth-order valence-electron chi connectivity index (χ4n) is 3.60. The van der Waals surface area contributed by atoms with E-state index in [9.17, 15) is 9.59 Å². The SMILES string of the molecule is O=C(CN1C(=O)CSc2ccccc21)N1CCOC(COn2nnc3cccnc32)C1. The van der Waals surface area contributed by atoms with Gasteiger partial charge in [0.25, 0.3) is 0 Å². The summed E-state index contributed by atoms with van der Waals surface area (Å²) in [5.41, 5.74) is 1.94. The van der Waals surface area contributed by atoms with Crippen LogP contribution in [0.2, 0.25) is 0 Å². The highest BCUT2D eigenvalue weighted by Crippen LogP contribution is 2.34. The van der Waals surface area contributed by atoms with Crippen LogP contribution in [0.1, 0.15) is 0 Å². The zero-order valence-corrected chi connectivity index (χ0v) is 17.4. The molecule has 0 spiro atoms. The number of benzene rings is 1. The number of pyridine rings is 1. The fraction of sp³-hybridized carbons (Fsp3) is 0.350. The minimum atomic E-state index is -0.319. The van der Waals surface area contributed by atoms with Crippen LogP contribution >= 0.6 is 11.8 Å². The first kappa shape index (κ1) is 19.8. The van der Waals surface area contributed by atoms with Crippen LogP contribution in [-0.4, -0.2) is 81.6 Å². The number of carbonyl (C=O) groups excluding carboxylic acids is 2. The molecule has 160 valence electrons. The van der Waals surface area contributed by atoms with Crippen molar-refractivity contribution in [3.05, 3.63) is 42.6 Å². The van der Waals surface area contributed by atoms with Gasteiger partial charge in [0.1, 0.15) is 24.8 Å². The molecule has 0 radical (unpaired) electrons. The maximum absolute atomic E-state index is 13.0. The van der Waals surface area contributed by atoms with Crippen molar-refractivity contribution in [2.24, 2.45) is 0 Å². The van der Waals surface area contributed by atoms with Gasteiger partial charge in [0, 0.05) is 17.6 Å². The second-order valence-electron chi connectivity index (χ2n) is 7.17. The van der Waals surface area contributed by atoms with Crippen molar-refractivity contribution in [2.75, 3.05) is 43.5 Å². The lowest BCUT2D eigenvalue weighted by molar-refractivity contribution is -0.141. The molecule has 2 amide bonds. The van der Waals surface area contributed by atoms with Gasteiger partial charge in [-0.2, -0.15) is 0 Å². The first-order valence-electron chi connectivity index (χ1n) is 9.90. The molecule has 1 aromatic carbocycles. The van der Waals surface area contributed by atoms with Crippen LogP contribution in [0.3, 0.4) is 0 Å². The van der Waals surface area contributed by atoms with Crippen molar-refractivity contribution in [1.82, 2.24) is 25.0 Å². The highest BCUT2D eigenvalue weighted by molar-refractivity contribution is 8.00. The van der Waals surface area contributed by atoms with Crippen LogP contribution in [-0.2, 0) is 14.3 Å². The Morgan fingerprint density at radius 1 is 1.26 bits per heavy atom. The van der Waals surface area contributed by atoms with Gasteiger partial charge in [0.05, 0.1) is 24.6 Å². The molecule has 5 rings (SSSR count). The molecule has 2 aromatic heterocycles. The summed E-state index contributed by atoms with van der Waals surface area (Å²) in [6, 6.07) is 11.2. The van der Waals surface area contributed by atoms with E-state index in [1.165, 1.54) is 16.6 Å². The maximum atomic E-state index is 13.0. The molecule has 1 saturated heterocycles. The number of nitrogens with zero attached hydrogens (tertiary/aromatic N) is 6. The number of anilines is 1. The predicted octanol–water partition coefficient (Wildman–Crippen LogP) is 0.621. The molecule has 11 heteroatoms. The standard InChI is InChI=1S/C20H20N6O4S/c27-18(11-25-16-5-1-2-6-17(16)31-13-19(25)28)24-8-9-29-14(10-24)12-30-26-20-15(22-23-26)4-3-7-21-20/h1-7,14H,8-13H2. The molecule has 1 atom stereocenters. The number of para-hydroxylation sites is 1. The van der Waals surface area contributed by atoms with Gasteiger partial charge in [0.2, 0.25) is 17.5 Å². The van der Waals surface area contributed by atoms with E-state index in [1.807, 2.05) is 24.3 Å². The maximum Gasteiger partial charge on any atom is 0.242 e. The van der Waals surface area contributed by atoms with Crippen LogP contribution < -0.4 is 9.74 Å². The van der Waals surface area contributed by atoms with Crippen molar-refractivity contribution >= 4 is 40.4 Å². The predicted molar refractivity (Wildman–Crippen MR) is 113 cm³/mol. The Morgan fingerprint density at radius 2 is 2.16 bits per heavy atom. The van der Waals surface area contributed by atoms with Crippen LogP contribution in [0.4, 0.5) is 5.69 Å². The van der Waals surface area contributed by atoms with Gasteiger partial charge < -0.3 is 19.4 Å². The summed E-state index contributed by atoms with van der Waals surface area (Å²) >= 11 is 1.50. The van der Waals surface area contributed by atoms with Gasteiger partial charge >= 0.3 is 0 Å². The molecule has 2 aliphatic heterocycles. The minimum Gasteiger partial charge on any atom is -0.391 e. The van der Waals surface area contributed by atoms with Crippen molar-refractivity contribution in [2.45, 2.75) is 11.0 Å². The Labute approximate surface area is 182 Å². The lowest BCUT2D eigenvalue weighted by Crippen LogP contribution is -2.52. The quantitative estimate of drug-likeness (QED) is 0.569. The molecule has 0 saturated carbocycles. The summed E-state index contributed by atoms with van der Waals surface area (Å²) in [6.07, 6.45) is 1.32. The zero-order chi connectivity index (χ0) is 21.2. The van der Waals surface area contributed by atoms with Crippen LogP contribution in [0.5, 0.6) is 0 Å². The van der Waals surface area contributed by atoms with Crippen molar-refractivity contribution in [3.8, 4) is 0 Å². The summed E-state index contributed by atoms with van der Waals surface area (Å²) in [5.74, 6) is 0.163. The number of morpholine rings is 1. The normalized spacial score (nSPS) is 18.8. The molecule has 2 aliphatic rings. The lowest BCUT2D eigenvalue weighted by atomic mass is 10.2. The molecule has 4 heterocycles. The van der Waals surface area contributed by atoms with Crippen molar-refractivity contribution < 1.29 is 19.2 Å². The summed E-state index contributed by atoms with van der Waals surface area (Å²) in [4.78, 5) is 40.9. The summed E-state index contributed by atoms with van der Waals surface area (Å²) < 4.78 is 5.75. The van der Waals surface area contributed by atoms with E-state index >= 15 is 0 Å². The number of hydrogen-bond acceptors (Lipinski definition) is 8. The van der Waals surface area contributed by atoms with Crippen LogP contribution in [0.25, 0.3) is 11.2 Å². The number of carbonyl (C=O) groups is 2. The van der Waals surface area contributed by atoms with Gasteiger partial charge in [-0.05, 0) is 29.5 Å². The second-order valence-corrected chi connectivity index (χ2v) is 8.19. The van der Waals surface area contributed by atoms with Gasteiger partial charge in [-0.25, -0.2) is 4.98 Å². The minimum absolute atomic E-state index is 0.0155. The van der Waals surface area contributed by atoms with Crippen molar-refractivity contribution in [1.29, 1.82) is 0 Å². The smallest absolute Gasteiger partial charge is 0.242 e. The van der Waals surface area contributed by atoms with Gasteiger partial charge in [-0.1, -0.05) is 17.0 Å². The first-order valence-corrected chi connectivity index (χ1v) is 10.9. The third-order valence-electron chi connectivity index (χ3n) is 5.16. The topological polar surface area (TPSA) is 103 Å². The summed E-state index contributed by atoms with van der Waals surface area (Å²) in [7, 11) is 0. The average molecular weight is 440 g/mol. The Kier molecular flexibility index (Phi) is 5.43. The van der Waals surface area contributed by atoms with E-state index in [2.05, 4.69) is 15.3 Å².